The average Bonchev–Trinajstić information content (AvgIpc) is 3.18. The lowest BCUT2D eigenvalue weighted by atomic mass is 10.1. The fourth-order valence-electron chi connectivity index (χ4n) is 3.40. The molecule has 0 saturated carbocycles. The van der Waals surface area contributed by atoms with E-state index < -0.39 is 17.9 Å². The molecule has 10 heteroatoms. The number of fused-ring (bicyclic) bond motifs is 1. The Hall–Kier alpha value is -3.49. The number of nitrogens with zero attached hydrogens (tertiary/aromatic N) is 4. The molecule has 2 aromatic carbocycles. The van der Waals surface area contributed by atoms with Crippen molar-refractivity contribution in [2.24, 2.45) is 0 Å². The minimum atomic E-state index is -1.35. The summed E-state index contributed by atoms with van der Waals surface area (Å²) in [6, 6.07) is 9.11. The predicted octanol–water partition coefficient (Wildman–Crippen LogP) is 4.88. The topological polar surface area (TPSA) is 102 Å². The molecule has 0 bridgehead atoms. The number of nitrogens with one attached hydrogen (secondary N) is 2. The van der Waals surface area contributed by atoms with Crippen LogP contribution in [0.3, 0.4) is 0 Å². The van der Waals surface area contributed by atoms with Gasteiger partial charge in [-0.2, -0.15) is 0 Å². The number of hydrogen-bond donors (Lipinski definition) is 2. The van der Waals surface area contributed by atoms with Gasteiger partial charge in [-0.15, -0.1) is 0 Å². The third-order valence-corrected chi connectivity index (χ3v) is 5.74. The van der Waals surface area contributed by atoms with Crippen LogP contribution < -0.4 is 10.6 Å². The van der Waals surface area contributed by atoms with Gasteiger partial charge in [-0.1, -0.05) is 35.3 Å². The Morgan fingerprint density at radius 3 is 1.94 bits per heavy atom. The molecule has 0 aliphatic heterocycles. The molecule has 0 radical (unpaired) electrons. The summed E-state index contributed by atoms with van der Waals surface area (Å²) < 4.78 is 1.40. The van der Waals surface area contributed by atoms with Crippen LogP contribution in [0.2, 0.25) is 10.0 Å². The van der Waals surface area contributed by atoms with Crippen LogP contribution in [0, 0.1) is 20.8 Å². The van der Waals surface area contributed by atoms with E-state index >= 15 is 0 Å². The number of halogens is 2. The van der Waals surface area contributed by atoms with Crippen LogP contribution in [0.15, 0.2) is 49.1 Å². The molecule has 4 rings (SSSR count). The number of anilines is 2. The molecule has 168 valence electrons. The predicted molar refractivity (Wildman–Crippen MR) is 129 cm³/mol. The zero-order chi connectivity index (χ0) is 23.7. The first-order chi connectivity index (χ1) is 15.7. The van der Waals surface area contributed by atoms with E-state index in [1.807, 2.05) is 26.0 Å². The lowest BCUT2D eigenvalue weighted by Gasteiger charge is -2.19. The van der Waals surface area contributed by atoms with Crippen LogP contribution in [-0.2, 0) is 9.59 Å². The third kappa shape index (κ3) is 4.67. The quantitative estimate of drug-likeness (QED) is 0.394. The molecule has 0 atom stereocenters. The molecular formula is C23H20Cl2N6O2. The van der Waals surface area contributed by atoms with E-state index in [0.717, 1.165) is 11.1 Å². The largest absolute Gasteiger partial charge is 0.322 e. The number of carbonyl (C=O) groups excluding carboxylic acids is 2. The Kier molecular flexibility index (Phi) is 6.31. The fraction of sp³-hybridized carbons (Fsp3) is 0.174. The third-order valence-electron chi connectivity index (χ3n) is 5.08. The summed E-state index contributed by atoms with van der Waals surface area (Å²) in [6.07, 6.45) is 2.75. The van der Waals surface area contributed by atoms with Crippen molar-refractivity contribution in [2.45, 2.75) is 26.8 Å². The smallest absolute Gasteiger partial charge is 0.257 e. The van der Waals surface area contributed by atoms with E-state index in [0.29, 0.717) is 38.3 Å². The maximum Gasteiger partial charge on any atom is 0.257 e. The molecule has 0 spiro atoms. The summed E-state index contributed by atoms with van der Waals surface area (Å²) in [5.74, 6) is -1.22. The molecule has 2 heterocycles. The van der Waals surface area contributed by atoms with E-state index in [4.69, 9.17) is 23.2 Å². The van der Waals surface area contributed by atoms with Gasteiger partial charge >= 0.3 is 0 Å². The lowest BCUT2D eigenvalue weighted by Crippen LogP contribution is -2.36. The van der Waals surface area contributed by atoms with Crippen molar-refractivity contribution in [3.05, 3.63) is 75.9 Å². The molecule has 8 nitrogen and oxygen atoms in total. The molecule has 0 aliphatic rings. The Morgan fingerprint density at radius 1 is 0.848 bits per heavy atom. The van der Waals surface area contributed by atoms with E-state index in [2.05, 4.69) is 25.6 Å². The number of hydrogen-bond acceptors (Lipinski definition) is 5. The van der Waals surface area contributed by atoms with Crippen molar-refractivity contribution in [3.63, 3.8) is 0 Å². The molecule has 0 saturated heterocycles. The fourth-order valence-corrected chi connectivity index (χ4v) is 3.73. The van der Waals surface area contributed by atoms with Gasteiger partial charge in [0.1, 0.15) is 11.8 Å². The molecular weight excluding hydrogens is 463 g/mol. The van der Waals surface area contributed by atoms with E-state index in [-0.39, 0.29) is 0 Å². The van der Waals surface area contributed by atoms with Crippen LogP contribution in [0.4, 0.5) is 11.4 Å². The normalized spacial score (nSPS) is 11.1. The number of imidazole rings is 1. The number of amides is 2. The van der Waals surface area contributed by atoms with Crippen LogP contribution in [0.5, 0.6) is 0 Å². The summed E-state index contributed by atoms with van der Waals surface area (Å²) in [7, 11) is 0. The first-order valence-corrected chi connectivity index (χ1v) is 10.8. The first kappa shape index (κ1) is 22.7. The SMILES string of the molecule is Cc1ccc(Cl)c(NC(=O)C(C(=O)Nc2cc(C)ccc2Cl)n2cnc3c(C)ncnc32)c1. The van der Waals surface area contributed by atoms with Crippen molar-refractivity contribution >= 4 is 57.6 Å². The lowest BCUT2D eigenvalue weighted by molar-refractivity contribution is -0.128. The van der Waals surface area contributed by atoms with Gasteiger partial charge in [0.25, 0.3) is 11.8 Å². The number of benzene rings is 2. The second kappa shape index (κ2) is 9.17. The van der Waals surface area contributed by atoms with Gasteiger partial charge in [-0.3, -0.25) is 14.2 Å². The maximum absolute atomic E-state index is 13.4. The summed E-state index contributed by atoms with van der Waals surface area (Å²) in [6.45, 7) is 5.52. The molecule has 4 aromatic rings. The minimum Gasteiger partial charge on any atom is -0.322 e. The highest BCUT2D eigenvalue weighted by Gasteiger charge is 2.32. The second-order valence-corrected chi connectivity index (χ2v) is 8.45. The zero-order valence-electron chi connectivity index (χ0n) is 18.1. The van der Waals surface area contributed by atoms with Crippen molar-refractivity contribution in [1.29, 1.82) is 0 Å². The summed E-state index contributed by atoms with van der Waals surface area (Å²) in [4.78, 5) is 39.5. The summed E-state index contributed by atoms with van der Waals surface area (Å²) in [5, 5.41) is 6.21. The number of carbonyl (C=O) groups is 2. The summed E-state index contributed by atoms with van der Waals surface area (Å²) in [5.41, 5.74) is 4.06. The first-order valence-electron chi connectivity index (χ1n) is 10.0. The maximum atomic E-state index is 13.4. The Morgan fingerprint density at radius 2 is 1.39 bits per heavy atom. The highest BCUT2D eigenvalue weighted by Crippen LogP contribution is 2.27. The number of aromatic nitrogens is 4. The molecule has 33 heavy (non-hydrogen) atoms. The van der Waals surface area contributed by atoms with Crippen molar-refractivity contribution < 1.29 is 9.59 Å². The molecule has 2 amide bonds. The van der Waals surface area contributed by atoms with Gasteiger partial charge in [0, 0.05) is 0 Å². The highest BCUT2D eigenvalue weighted by molar-refractivity contribution is 6.34. The van der Waals surface area contributed by atoms with Gasteiger partial charge in [0.2, 0.25) is 0 Å². The second-order valence-electron chi connectivity index (χ2n) is 7.63. The standard InChI is InChI=1S/C23H20Cl2N6O2/c1-12-4-6-15(24)17(8-12)29-22(32)20(23(33)30-18-9-13(2)5-7-16(18)25)31-11-28-19-14(3)26-10-27-21(19)31/h4-11,20H,1-3H3,(H,29,32)(H,30,33). The molecule has 2 N–H and O–H groups in total. The van der Waals surface area contributed by atoms with Gasteiger partial charge in [-0.05, 0) is 56.2 Å². The van der Waals surface area contributed by atoms with E-state index in [1.54, 1.807) is 31.2 Å². The summed E-state index contributed by atoms with van der Waals surface area (Å²) >= 11 is 12.5. The van der Waals surface area contributed by atoms with Crippen LogP contribution in [-0.4, -0.2) is 31.3 Å². The van der Waals surface area contributed by atoms with Gasteiger partial charge < -0.3 is 10.6 Å². The zero-order valence-corrected chi connectivity index (χ0v) is 19.6. The molecule has 0 aliphatic carbocycles. The van der Waals surface area contributed by atoms with Crippen LogP contribution >= 0.6 is 23.2 Å². The van der Waals surface area contributed by atoms with Gasteiger partial charge in [0.15, 0.2) is 11.7 Å². The number of rotatable bonds is 5. The Labute approximate surface area is 200 Å². The molecule has 0 unspecified atom stereocenters. The van der Waals surface area contributed by atoms with E-state index in [9.17, 15) is 9.59 Å². The van der Waals surface area contributed by atoms with Crippen LogP contribution in [0.1, 0.15) is 22.9 Å². The average molecular weight is 483 g/mol. The minimum absolute atomic E-state index is 0.350. The van der Waals surface area contributed by atoms with Gasteiger partial charge in [-0.25, -0.2) is 15.0 Å². The van der Waals surface area contributed by atoms with Gasteiger partial charge in [0.05, 0.1) is 33.4 Å². The molecule has 2 aromatic heterocycles. The van der Waals surface area contributed by atoms with Crippen molar-refractivity contribution in [1.82, 2.24) is 19.5 Å². The Balaban J connectivity index is 1.76. The van der Waals surface area contributed by atoms with E-state index in [1.165, 1.54) is 17.2 Å². The highest BCUT2D eigenvalue weighted by atomic mass is 35.5. The monoisotopic (exact) mass is 482 g/mol. The molecule has 0 fully saturated rings. The van der Waals surface area contributed by atoms with Crippen molar-refractivity contribution in [3.8, 4) is 0 Å². The van der Waals surface area contributed by atoms with Crippen molar-refractivity contribution in [2.75, 3.05) is 10.6 Å². The number of aryl methyl sites for hydroxylation is 3. The Bertz CT molecular complexity index is 1320. The van der Waals surface area contributed by atoms with Crippen LogP contribution in [0.25, 0.3) is 11.2 Å².